The van der Waals surface area contributed by atoms with Crippen molar-refractivity contribution in [3.63, 3.8) is 0 Å². The first-order valence-electron chi connectivity index (χ1n) is 10.3. The van der Waals surface area contributed by atoms with Gasteiger partial charge in [0, 0.05) is 30.4 Å². The molecule has 1 aromatic heterocycles. The molecule has 0 bridgehead atoms. The van der Waals surface area contributed by atoms with Gasteiger partial charge in [-0.3, -0.25) is 14.9 Å². The number of carbonyl (C=O) groups is 1. The number of benzene rings is 2. The Balaban J connectivity index is 1.56. The number of nitrogens with one attached hydrogen (secondary N) is 1. The molecule has 1 N–H and O–H groups in total. The standard InChI is InChI=1S/C23H22N4O4/c28-23-18-7-1-2-8-19(18)24-22(26(23)15-17-6-5-13-31-17)16-9-10-20(21(14-16)27(29)30)25-11-3-4-12-25/h1-2,5-10,13-14,22,24H,3-4,11-12,15H2/t22-/m0/s1. The molecule has 0 unspecified atom stereocenters. The molecule has 2 aliphatic rings. The second kappa shape index (κ2) is 7.79. The normalized spacial score (nSPS) is 18.1. The van der Waals surface area contributed by atoms with E-state index < -0.39 is 6.17 Å². The number of hydrogen-bond donors (Lipinski definition) is 1. The van der Waals surface area contributed by atoms with Crippen LogP contribution in [0.15, 0.2) is 65.3 Å². The lowest BCUT2D eigenvalue weighted by Crippen LogP contribution is -2.42. The molecule has 2 aromatic carbocycles. The summed E-state index contributed by atoms with van der Waals surface area (Å²) in [5, 5.41) is 15.3. The maximum Gasteiger partial charge on any atom is 0.292 e. The number of para-hydroxylation sites is 1. The van der Waals surface area contributed by atoms with Crippen molar-refractivity contribution in [2.75, 3.05) is 23.3 Å². The van der Waals surface area contributed by atoms with Gasteiger partial charge in [0.15, 0.2) is 0 Å². The third-order valence-electron chi connectivity index (χ3n) is 5.89. The molecule has 8 heteroatoms. The third-order valence-corrected chi connectivity index (χ3v) is 5.89. The molecule has 158 valence electrons. The van der Waals surface area contributed by atoms with Gasteiger partial charge < -0.3 is 19.5 Å². The number of nitro benzene ring substituents is 1. The molecule has 3 aromatic rings. The summed E-state index contributed by atoms with van der Waals surface area (Å²) in [6.45, 7) is 1.89. The zero-order chi connectivity index (χ0) is 21.4. The number of nitro groups is 1. The second-order valence-corrected chi connectivity index (χ2v) is 7.80. The van der Waals surface area contributed by atoms with E-state index >= 15 is 0 Å². The van der Waals surface area contributed by atoms with Crippen molar-refractivity contribution in [2.24, 2.45) is 0 Å². The summed E-state index contributed by atoms with van der Waals surface area (Å²) >= 11 is 0. The molecular formula is C23H22N4O4. The zero-order valence-electron chi connectivity index (χ0n) is 16.9. The average Bonchev–Trinajstić information content (AvgIpc) is 3.49. The number of amides is 1. The van der Waals surface area contributed by atoms with E-state index in [1.165, 1.54) is 0 Å². The van der Waals surface area contributed by atoms with E-state index in [2.05, 4.69) is 10.2 Å². The highest BCUT2D eigenvalue weighted by molar-refractivity contribution is 6.01. The van der Waals surface area contributed by atoms with Crippen LogP contribution in [0.1, 0.15) is 40.7 Å². The largest absolute Gasteiger partial charge is 0.467 e. The predicted octanol–water partition coefficient (Wildman–Crippen LogP) is 4.55. The Morgan fingerprint density at radius 3 is 2.65 bits per heavy atom. The molecule has 2 aliphatic heterocycles. The maximum absolute atomic E-state index is 13.3. The van der Waals surface area contributed by atoms with Crippen molar-refractivity contribution in [3.8, 4) is 0 Å². The van der Waals surface area contributed by atoms with Gasteiger partial charge in [-0.25, -0.2) is 0 Å². The van der Waals surface area contributed by atoms with Crippen LogP contribution in [0.3, 0.4) is 0 Å². The molecule has 0 spiro atoms. The van der Waals surface area contributed by atoms with Gasteiger partial charge >= 0.3 is 0 Å². The molecule has 3 heterocycles. The van der Waals surface area contributed by atoms with E-state index in [4.69, 9.17) is 4.42 Å². The molecule has 1 fully saturated rings. The van der Waals surface area contributed by atoms with E-state index in [1.807, 2.05) is 30.3 Å². The Kier molecular flexibility index (Phi) is 4.82. The first kappa shape index (κ1) is 19.2. The first-order chi connectivity index (χ1) is 15.1. The van der Waals surface area contributed by atoms with Crippen LogP contribution >= 0.6 is 0 Å². The summed E-state index contributed by atoms with van der Waals surface area (Å²) in [5.41, 5.74) is 2.62. The third kappa shape index (κ3) is 3.50. The zero-order valence-corrected chi connectivity index (χ0v) is 16.9. The fourth-order valence-electron chi connectivity index (χ4n) is 4.37. The van der Waals surface area contributed by atoms with Crippen LogP contribution in [-0.4, -0.2) is 28.8 Å². The lowest BCUT2D eigenvalue weighted by molar-refractivity contribution is -0.384. The van der Waals surface area contributed by atoms with Gasteiger partial charge in [0.2, 0.25) is 0 Å². The van der Waals surface area contributed by atoms with Crippen LogP contribution in [0.5, 0.6) is 0 Å². The minimum Gasteiger partial charge on any atom is -0.467 e. The van der Waals surface area contributed by atoms with Crippen molar-refractivity contribution in [1.29, 1.82) is 0 Å². The van der Waals surface area contributed by atoms with Gasteiger partial charge in [-0.2, -0.15) is 0 Å². The summed E-state index contributed by atoms with van der Waals surface area (Å²) in [7, 11) is 0. The Hall–Kier alpha value is -3.81. The SMILES string of the molecule is O=C1c2ccccc2N[C@H](c2ccc(N3CCCC3)c([N+](=O)[O-])c2)N1Cc1ccco1. The average molecular weight is 418 g/mol. The number of hydrogen-bond acceptors (Lipinski definition) is 6. The van der Waals surface area contributed by atoms with Gasteiger partial charge in [0.1, 0.15) is 17.6 Å². The summed E-state index contributed by atoms with van der Waals surface area (Å²) in [5.74, 6) is 0.491. The summed E-state index contributed by atoms with van der Waals surface area (Å²) in [4.78, 5) is 28.6. The van der Waals surface area contributed by atoms with Gasteiger partial charge in [-0.15, -0.1) is 0 Å². The monoisotopic (exact) mass is 418 g/mol. The molecule has 1 atom stereocenters. The fourth-order valence-corrected chi connectivity index (χ4v) is 4.37. The molecule has 1 amide bonds. The minimum atomic E-state index is -0.557. The van der Waals surface area contributed by atoms with Crippen molar-refractivity contribution >= 4 is 23.0 Å². The molecule has 31 heavy (non-hydrogen) atoms. The predicted molar refractivity (Wildman–Crippen MR) is 116 cm³/mol. The van der Waals surface area contributed by atoms with Crippen LogP contribution < -0.4 is 10.2 Å². The smallest absolute Gasteiger partial charge is 0.292 e. The summed E-state index contributed by atoms with van der Waals surface area (Å²) in [6.07, 6.45) is 3.07. The molecular weight excluding hydrogens is 396 g/mol. The highest BCUT2D eigenvalue weighted by atomic mass is 16.6. The minimum absolute atomic E-state index is 0.0606. The number of rotatable bonds is 5. The summed E-state index contributed by atoms with van der Waals surface area (Å²) < 4.78 is 5.47. The van der Waals surface area contributed by atoms with E-state index in [9.17, 15) is 14.9 Å². The molecule has 8 nitrogen and oxygen atoms in total. The summed E-state index contributed by atoms with van der Waals surface area (Å²) in [6, 6.07) is 16.1. The van der Waals surface area contributed by atoms with Gasteiger partial charge in [0.25, 0.3) is 11.6 Å². The highest BCUT2D eigenvalue weighted by Gasteiger charge is 2.35. The van der Waals surface area contributed by atoms with E-state index in [0.29, 0.717) is 28.3 Å². The van der Waals surface area contributed by atoms with Crippen molar-refractivity contribution in [1.82, 2.24) is 4.90 Å². The molecule has 0 radical (unpaired) electrons. The molecule has 5 rings (SSSR count). The highest BCUT2D eigenvalue weighted by Crippen LogP contribution is 2.38. The van der Waals surface area contributed by atoms with Crippen molar-refractivity contribution < 1.29 is 14.1 Å². The van der Waals surface area contributed by atoms with Gasteiger partial charge in [-0.1, -0.05) is 18.2 Å². The van der Waals surface area contributed by atoms with Crippen molar-refractivity contribution in [2.45, 2.75) is 25.6 Å². The van der Waals surface area contributed by atoms with E-state index in [0.717, 1.165) is 25.9 Å². The lowest BCUT2D eigenvalue weighted by atomic mass is 10.0. The van der Waals surface area contributed by atoms with E-state index in [-0.39, 0.29) is 23.1 Å². The Labute approximate surface area is 179 Å². The Morgan fingerprint density at radius 2 is 1.90 bits per heavy atom. The molecule has 0 saturated carbocycles. The lowest BCUT2D eigenvalue weighted by Gasteiger charge is -2.37. The Bertz CT molecular complexity index is 1120. The fraction of sp³-hybridized carbons (Fsp3) is 0.261. The second-order valence-electron chi connectivity index (χ2n) is 7.80. The van der Waals surface area contributed by atoms with Gasteiger partial charge in [0.05, 0.1) is 23.3 Å². The van der Waals surface area contributed by atoms with Gasteiger partial charge in [-0.05, 0) is 43.2 Å². The topological polar surface area (TPSA) is 91.9 Å². The quantitative estimate of drug-likeness (QED) is 0.483. The van der Waals surface area contributed by atoms with Crippen molar-refractivity contribution in [3.05, 3.63) is 87.9 Å². The van der Waals surface area contributed by atoms with Crippen LogP contribution in [0.25, 0.3) is 0 Å². The maximum atomic E-state index is 13.3. The van der Waals surface area contributed by atoms with Crippen LogP contribution in [0.4, 0.5) is 17.1 Å². The molecule has 1 saturated heterocycles. The number of carbonyl (C=O) groups excluding carboxylic acids is 1. The Morgan fingerprint density at radius 1 is 1.10 bits per heavy atom. The first-order valence-corrected chi connectivity index (χ1v) is 10.3. The van der Waals surface area contributed by atoms with Crippen LogP contribution in [-0.2, 0) is 6.54 Å². The number of nitrogens with zero attached hydrogens (tertiary/aromatic N) is 3. The van der Waals surface area contributed by atoms with Crippen LogP contribution in [0.2, 0.25) is 0 Å². The van der Waals surface area contributed by atoms with Crippen LogP contribution in [0, 0.1) is 10.1 Å². The number of furan rings is 1. The number of anilines is 2. The number of fused-ring (bicyclic) bond motifs is 1. The molecule has 0 aliphatic carbocycles. The van der Waals surface area contributed by atoms with E-state index in [1.54, 1.807) is 35.4 Å².